The van der Waals surface area contributed by atoms with Gasteiger partial charge in [-0.25, -0.2) is 0 Å². The average molecular weight is 345 g/mol. The molecule has 5 N–H and O–H groups in total. The van der Waals surface area contributed by atoms with Crippen LogP contribution in [0.2, 0.25) is 0 Å². The molecule has 1 saturated heterocycles. The highest BCUT2D eigenvalue weighted by molar-refractivity contribution is 5.99. The highest BCUT2D eigenvalue weighted by atomic mass is 16.5. The summed E-state index contributed by atoms with van der Waals surface area (Å²) in [4.78, 5) is 17.9. The number of hydrogen-bond acceptors (Lipinski definition) is 5. The van der Waals surface area contributed by atoms with Crippen molar-refractivity contribution in [3.63, 3.8) is 0 Å². The van der Waals surface area contributed by atoms with E-state index in [4.69, 9.17) is 10.5 Å². The van der Waals surface area contributed by atoms with Crippen molar-refractivity contribution in [2.24, 2.45) is 11.7 Å². The number of carbonyl (C=O) groups excluding carboxylic acids is 1. The summed E-state index contributed by atoms with van der Waals surface area (Å²) in [6.45, 7) is 5.02. The smallest absolute Gasteiger partial charge is 0.227 e. The number of fused-ring (bicyclic) bond motifs is 1. The fourth-order valence-corrected chi connectivity index (χ4v) is 3.72. The zero-order valence-corrected chi connectivity index (χ0v) is 14.7. The van der Waals surface area contributed by atoms with Crippen molar-refractivity contribution in [1.29, 1.82) is 0 Å². The Kier molecular flexibility index (Phi) is 4.33. The van der Waals surface area contributed by atoms with E-state index in [9.17, 15) is 4.79 Å². The van der Waals surface area contributed by atoms with Crippen LogP contribution in [-0.2, 0) is 9.53 Å². The van der Waals surface area contributed by atoms with Crippen molar-refractivity contribution >= 4 is 23.1 Å². The second-order valence-corrected chi connectivity index (χ2v) is 7.12. The number of aromatic nitrogens is 1. The molecule has 2 fully saturated rings. The summed E-state index contributed by atoms with van der Waals surface area (Å²) < 4.78 is 5.94. The molecule has 0 bridgehead atoms. The van der Waals surface area contributed by atoms with Crippen molar-refractivity contribution in [3.8, 4) is 0 Å². The van der Waals surface area contributed by atoms with Gasteiger partial charge in [-0.2, -0.15) is 0 Å². The Labute approximate surface area is 148 Å². The van der Waals surface area contributed by atoms with Crippen LogP contribution >= 0.6 is 0 Å². The first-order chi connectivity index (χ1) is 12.2. The Morgan fingerprint density at radius 2 is 2.28 bits per heavy atom. The number of nitrogens with two attached hydrogens (primary N) is 1. The van der Waals surface area contributed by atoms with E-state index in [1.165, 1.54) is 0 Å². The number of likely N-dealkylation sites (tertiary alicyclic amines) is 1. The van der Waals surface area contributed by atoms with Gasteiger partial charge in [0.1, 0.15) is 11.6 Å². The number of anilines is 2. The second-order valence-electron chi connectivity index (χ2n) is 7.12. The lowest BCUT2D eigenvalue weighted by Crippen LogP contribution is -2.43. The third-order valence-electron chi connectivity index (χ3n) is 5.11. The summed E-state index contributed by atoms with van der Waals surface area (Å²) in [5, 5.41) is 6.47. The number of carbonyl (C=O) groups is 1. The van der Waals surface area contributed by atoms with Gasteiger partial charge in [-0.3, -0.25) is 4.79 Å². The van der Waals surface area contributed by atoms with Crippen molar-refractivity contribution < 1.29 is 9.53 Å². The van der Waals surface area contributed by atoms with E-state index in [2.05, 4.69) is 20.5 Å². The van der Waals surface area contributed by atoms with Crippen LogP contribution in [0.5, 0.6) is 0 Å². The van der Waals surface area contributed by atoms with Gasteiger partial charge in [0.25, 0.3) is 0 Å². The first kappa shape index (κ1) is 16.3. The zero-order chi connectivity index (χ0) is 17.4. The Balaban J connectivity index is 1.70. The number of H-pyrrole nitrogens is 1. The highest BCUT2D eigenvalue weighted by Gasteiger charge is 2.34. The molecule has 0 unspecified atom stereocenters. The van der Waals surface area contributed by atoms with E-state index >= 15 is 0 Å². The maximum atomic E-state index is 12.3. The van der Waals surface area contributed by atoms with Crippen LogP contribution in [0.4, 0.5) is 11.5 Å². The number of aromatic amines is 1. The molecule has 3 heterocycles. The first-order valence-electron chi connectivity index (χ1n) is 9.30. The molecule has 7 heteroatoms. The number of hydrogen-bond donors (Lipinski definition) is 4. The van der Waals surface area contributed by atoms with Gasteiger partial charge in [-0.1, -0.05) is 0 Å². The molecule has 25 heavy (non-hydrogen) atoms. The Hall–Kier alpha value is -2.15. The van der Waals surface area contributed by atoms with Gasteiger partial charge in [-0.15, -0.1) is 0 Å². The number of piperidine rings is 1. The summed E-state index contributed by atoms with van der Waals surface area (Å²) >= 11 is 0. The van der Waals surface area contributed by atoms with Crippen LogP contribution in [0.15, 0.2) is 12.0 Å². The number of nitrogens with zero attached hydrogens (tertiary/aromatic N) is 1. The van der Waals surface area contributed by atoms with Crippen LogP contribution in [0, 0.1) is 5.92 Å². The molecular weight excluding hydrogens is 318 g/mol. The fourth-order valence-electron chi connectivity index (χ4n) is 3.72. The Morgan fingerprint density at radius 1 is 1.44 bits per heavy atom. The minimum Gasteiger partial charge on any atom is -0.494 e. The van der Waals surface area contributed by atoms with E-state index in [-0.39, 0.29) is 17.9 Å². The van der Waals surface area contributed by atoms with Gasteiger partial charge in [0.05, 0.1) is 30.1 Å². The third kappa shape index (κ3) is 3.20. The Morgan fingerprint density at radius 3 is 3.00 bits per heavy atom. The van der Waals surface area contributed by atoms with Gasteiger partial charge in [0.15, 0.2) is 0 Å². The van der Waals surface area contributed by atoms with Crippen molar-refractivity contribution in [1.82, 2.24) is 9.88 Å². The van der Waals surface area contributed by atoms with Crippen molar-refractivity contribution in [2.45, 2.75) is 38.6 Å². The van der Waals surface area contributed by atoms with Gasteiger partial charge < -0.3 is 31.0 Å². The predicted octanol–water partition coefficient (Wildman–Crippen LogP) is 1.92. The van der Waals surface area contributed by atoms with E-state index < -0.39 is 0 Å². The summed E-state index contributed by atoms with van der Waals surface area (Å²) in [6, 6.07) is 0.172. The lowest BCUT2D eigenvalue weighted by molar-refractivity contribution is -0.117. The maximum Gasteiger partial charge on any atom is 0.227 e. The molecule has 0 radical (unpaired) electrons. The standard InChI is InChI=1S/C18H27N5O2/c1-2-25-14-9-21-17-15(16(14)23-7-3-4-12(19)10-23)13(8-20-17)22-18(24)11-5-6-11/h8,11-12,20-21H,2-7,9-10,19H2,1H3,(H,22,24)/t12-/m1/s1. The molecule has 7 nitrogen and oxygen atoms in total. The van der Waals surface area contributed by atoms with Crippen molar-refractivity contribution in [3.05, 3.63) is 17.5 Å². The molecule has 3 aliphatic rings. The van der Waals surface area contributed by atoms with E-state index in [0.717, 1.165) is 67.3 Å². The molecule has 1 aliphatic carbocycles. The summed E-state index contributed by atoms with van der Waals surface area (Å²) in [5.41, 5.74) is 9.11. The van der Waals surface area contributed by atoms with Crippen LogP contribution in [-0.4, -0.2) is 48.1 Å². The summed E-state index contributed by atoms with van der Waals surface area (Å²) in [7, 11) is 0. The van der Waals surface area contributed by atoms with Crippen molar-refractivity contribution in [2.75, 3.05) is 36.9 Å². The SMILES string of the molecule is CCOC1=C(N2CCC[C@@H](N)C2)c2c(NC(=O)C3CC3)c[nH]c2NC1. The van der Waals surface area contributed by atoms with E-state index in [0.29, 0.717) is 13.2 Å². The monoisotopic (exact) mass is 345 g/mol. The molecule has 1 atom stereocenters. The zero-order valence-electron chi connectivity index (χ0n) is 14.7. The second kappa shape index (κ2) is 6.63. The number of amides is 1. The Bertz CT molecular complexity index is 692. The van der Waals surface area contributed by atoms with Gasteiger partial charge in [0, 0.05) is 31.2 Å². The minimum absolute atomic E-state index is 0.111. The quantitative estimate of drug-likeness (QED) is 0.654. The van der Waals surface area contributed by atoms with Gasteiger partial charge >= 0.3 is 0 Å². The third-order valence-corrected chi connectivity index (χ3v) is 5.11. The molecule has 0 aromatic carbocycles. The van der Waals surface area contributed by atoms with E-state index in [1.807, 2.05) is 13.1 Å². The maximum absolute atomic E-state index is 12.3. The molecule has 136 valence electrons. The normalized spacial score (nSPS) is 23.1. The number of nitrogens with one attached hydrogen (secondary N) is 3. The number of ether oxygens (including phenoxy) is 1. The topological polar surface area (TPSA) is 95.4 Å². The van der Waals surface area contributed by atoms with E-state index in [1.54, 1.807) is 0 Å². The summed E-state index contributed by atoms with van der Waals surface area (Å²) in [5.74, 6) is 2.14. The minimum atomic E-state index is 0.111. The average Bonchev–Trinajstić information content (AvgIpc) is 3.38. The first-order valence-corrected chi connectivity index (χ1v) is 9.30. The van der Waals surface area contributed by atoms with Crippen LogP contribution in [0.25, 0.3) is 5.70 Å². The van der Waals surface area contributed by atoms with Crippen LogP contribution < -0.4 is 16.4 Å². The number of rotatable bonds is 5. The molecule has 1 saturated carbocycles. The molecular formula is C18H27N5O2. The summed E-state index contributed by atoms with van der Waals surface area (Å²) in [6.07, 6.45) is 5.98. The predicted molar refractivity (Wildman–Crippen MR) is 98.0 cm³/mol. The molecule has 2 aliphatic heterocycles. The highest BCUT2D eigenvalue weighted by Crippen LogP contribution is 2.40. The van der Waals surface area contributed by atoms with Crippen LogP contribution in [0.1, 0.15) is 38.2 Å². The van der Waals surface area contributed by atoms with Crippen LogP contribution in [0.3, 0.4) is 0 Å². The molecule has 0 spiro atoms. The lowest BCUT2D eigenvalue weighted by atomic mass is 10.0. The lowest BCUT2D eigenvalue weighted by Gasteiger charge is -2.37. The molecule has 1 amide bonds. The van der Waals surface area contributed by atoms with Gasteiger partial charge in [-0.05, 0) is 32.6 Å². The fraction of sp³-hybridized carbons (Fsp3) is 0.611. The largest absolute Gasteiger partial charge is 0.494 e. The molecule has 1 aromatic rings. The molecule has 4 rings (SSSR count). The molecule has 1 aromatic heterocycles. The van der Waals surface area contributed by atoms with Gasteiger partial charge in [0.2, 0.25) is 5.91 Å².